The number of rotatable bonds is 3. The highest BCUT2D eigenvalue weighted by atomic mass is 16.5. The van der Waals surface area contributed by atoms with Crippen LogP contribution in [0.25, 0.3) is 0 Å². The molecule has 1 aromatic heterocycles. The van der Waals surface area contributed by atoms with E-state index in [1.54, 1.807) is 0 Å². The van der Waals surface area contributed by atoms with Gasteiger partial charge in [-0.15, -0.1) is 0 Å². The molecule has 1 amide bonds. The molecule has 1 aliphatic carbocycles. The van der Waals surface area contributed by atoms with Gasteiger partial charge in [0.05, 0.1) is 25.5 Å². The summed E-state index contributed by atoms with van der Waals surface area (Å²) >= 11 is 0. The van der Waals surface area contributed by atoms with Crippen LogP contribution < -0.4 is 9.80 Å². The van der Waals surface area contributed by atoms with Gasteiger partial charge in [0.1, 0.15) is 5.82 Å². The highest BCUT2D eigenvalue weighted by Crippen LogP contribution is 2.33. The minimum atomic E-state index is 0.234. The summed E-state index contributed by atoms with van der Waals surface area (Å²) in [5.74, 6) is 2.50. The number of amides is 1. The normalized spacial score (nSPS) is 23.4. The summed E-state index contributed by atoms with van der Waals surface area (Å²) in [6.07, 6.45) is 7.79. The van der Waals surface area contributed by atoms with Gasteiger partial charge in [-0.05, 0) is 25.7 Å². The van der Waals surface area contributed by atoms with Crippen LogP contribution in [0.3, 0.4) is 0 Å². The standard InChI is InChI=1S/C21H31N5O2/c27-20(16-5-1-2-6-16)26-10-7-18-17(15-26)19(24-11-13-28-14-12-24)23-21(22-18)25-8-3-4-9-25/h16H,1-15H2. The Hall–Kier alpha value is -1.89. The molecule has 2 saturated heterocycles. The summed E-state index contributed by atoms with van der Waals surface area (Å²) in [5, 5.41) is 0. The fourth-order valence-corrected chi connectivity index (χ4v) is 5.10. The van der Waals surface area contributed by atoms with Gasteiger partial charge in [-0.3, -0.25) is 4.79 Å². The third kappa shape index (κ3) is 3.45. The topological polar surface area (TPSA) is 61.8 Å². The van der Waals surface area contributed by atoms with Gasteiger partial charge in [-0.2, -0.15) is 4.98 Å². The van der Waals surface area contributed by atoms with Crippen LogP contribution in [0.4, 0.5) is 11.8 Å². The van der Waals surface area contributed by atoms with E-state index in [9.17, 15) is 4.79 Å². The van der Waals surface area contributed by atoms with Gasteiger partial charge in [-0.25, -0.2) is 4.98 Å². The van der Waals surface area contributed by atoms with E-state index in [4.69, 9.17) is 14.7 Å². The second kappa shape index (κ2) is 7.85. The Labute approximate surface area is 167 Å². The van der Waals surface area contributed by atoms with Crippen molar-refractivity contribution >= 4 is 17.7 Å². The van der Waals surface area contributed by atoms with E-state index in [0.717, 1.165) is 82.7 Å². The highest BCUT2D eigenvalue weighted by molar-refractivity contribution is 5.79. The molecular weight excluding hydrogens is 354 g/mol. The SMILES string of the molecule is O=C(C1CCCC1)N1CCc2nc(N3CCCC3)nc(N3CCOCC3)c2C1. The Balaban J connectivity index is 1.45. The van der Waals surface area contributed by atoms with Gasteiger partial charge in [0.2, 0.25) is 11.9 Å². The molecule has 7 heteroatoms. The number of hydrogen-bond acceptors (Lipinski definition) is 6. The van der Waals surface area contributed by atoms with Crippen LogP contribution in [0.5, 0.6) is 0 Å². The molecule has 28 heavy (non-hydrogen) atoms. The number of carbonyl (C=O) groups is 1. The number of hydrogen-bond donors (Lipinski definition) is 0. The third-order valence-electron chi connectivity index (χ3n) is 6.74. The van der Waals surface area contributed by atoms with Gasteiger partial charge in [0.25, 0.3) is 0 Å². The molecule has 7 nitrogen and oxygen atoms in total. The molecule has 4 heterocycles. The third-order valence-corrected chi connectivity index (χ3v) is 6.74. The van der Waals surface area contributed by atoms with Crippen LogP contribution >= 0.6 is 0 Å². The summed E-state index contributed by atoms with van der Waals surface area (Å²) in [5.41, 5.74) is 2.32. The number of fused-ring (bicyclic) bond motifs is 1. The van der Waals surface area contributed by atoms with E-state index in [1.807, 2.05) is 0 Å². The maximum atomic E-state index is 13.0. The first-order valence-electron chi connectivity index (χ1n) is 11.1. The first-order valence-corrected chi connectivity index (χ1v) is 11.1. The smallest absolute Gasteiger partial charge is 0.227 e. The average Bonchev–Trinajstić information content (AvgIpc) is 3.47. The zero-order valence-electron chi connectivity index (χ0n) is 16.7. The number of aromatic nitrogens is 2. The van der Waals surface area contributed by atoms with E-state index in [2.05, 4.69) is 14.7 Å². The number of nitrogens with zero attached hydrogens (tertiary/aromatic N) is 5. The Morgan fingerprint density at radius 2 is 1.64 bits per heavy atom. The predicted octanol–water partition coefficient (Wildman–Crippen LogP) is 1.99. The Morgan fingerprint density at radius 1 is 0.893 bits per heavy atom. The summed E-state index contributed by atoms with van der Waals surface area (Å²) in [6, 6.07) is 0. The summed E-state index contributed by atoms with van der Waals surface area (Å²) in [4.78, 5) is 29.7. The van der Waals surface area contributed by atoms with Crippen molar-refractivity contribution in [1.82, 2.24) is 14.9 Å². The molecule has 0 atom stereocenters. The zero-order valence-corrected chi connectivity index (χ0v) is 16.7. The van der Waals surface area contributed by atoms with Crippen molar-refractivity contribution in [3.63, 3.8) is 0 Å². The highest BCUT2D eigenvalue weighted by Gasteiger charge is 2.33. The molecule has 0 unspecified atom stereocenters. The second-order valence-electron chi connectivity index (χ2n) is 8.56. The minimum absolute atomic E-state index is 0.234. The van der Waals surface area contributed by atoms with Crippen molar-refractivity contribution in [2.75, 3.05) is 55.7 Å². The van der Waals surface area contributed by atoms with Crippen molar-refractivity contribution in [2.45, 2.75) is 51.5 Å². The molecule has 0 radical (unpaired) electrons. The predicted molar refractivity (Wildman–Crippen MR) is 108 cm³/mol. The lowest BCUT2D eigenvalue weighted by Crippen LogP contribution is -2.42. The summed E-state index contributed by atoms with van der Waals surface area (Å²) in [7, 11) is 0. The van der Waals surface area contributed by atoms with Crippen LogP contribution in [0.2, 0.25) is 0 Å². The van der Waals surface area contributed by atoms with Crippen LogP contribution in [-0.2, 0) is 22.5 Å². The fraction of sp³-hybridized carbons (Fsp3) is 0.762. The van der Waals surface area contributed by atoms with E-state index in [1.165, 1.54) is 31.2 Å². The van der Waals surface area contributed by atoms with Crippen molar-refractivity contribution in [3.05, 3.63) is 11.3 Å². The second-order valence-corrected chi connectivity index (χ2v) is 8.56. The lowest BCUT2D eigenvalue weighted by molar-refractivity contribution is -0.136. The lowest BCUT2D eigenvalue weighted by atomic mass is 10.0. The Morgan fingerprint density at radius 3 is 2.39 bits per heavy atom. The Kier molecular flexibility index (Phi) is 5.09. The van der Waals surface area contributed by atoms with Crippen LogP contribution in [0.1, 0.15) is 49.8 Å². The molecule has 1 saturated carbocycles. The molecule has 0 N–H and O–H groups in total. The van der Waals surface area contributed by atoms with E-state index < -0.39 is 0 Å². The lowest BCUT2D eigenvalue weighted by Gasteiger charge is -2.36. The van der Waals surface area contributed by atoms with Crippen molar-refractivity contribution in [3.8, 4) is 0 Å². The minimum Gasteiger partial charge on any atom is -0.378 e. The Bertz CT molecular complexity index is 722. The van der Waals surface area contributed by atoms with Gasteiger partial charge in [-0.1, -0.05) is 12.8 Å². The molecule has 5 rings (SSSR count). The number of carbonyl (C=O) groups excluding carboxylic acids is 1. The molecule has 0 bridgehead atoms. The molecule has 0 spiro atoms. The van der Waals surface area contributed by atoms with Crippen LogP contribution in [0.15, 0.2) is 0 Å². The van der Waals surface area contributed by atoms with Gasteiger partial charge in [0.15, 0.2) is 0 Å². The van der Waals surface area contributed by atoms with E-state index in [0.29, 0.717) is 12.5 Å². The molecule has 152 valence electrons. The molecule has 4 aliphatic rings. The number of morpholine rings is 1. The maximum Gasteiger partial charge on any atom is 0.227 e. The molecule has 3 fully saturated rings. The fourth-order valence-electron chi connectivity index (χ4n) is 5.10. The van der Waals surface area contributed by atoms with Crippen LogP contribution in [0, 0.1) is 5.92 Å². The monoisotopic (exact) mass is 385 g/mol. The largest absolute Gasteiger partial charge is 0.378 e. The molecular formula is C21H31N5O2. The van der Waals surface area contributed by atoms with E-state index in [-0.39, 0.29) is 5.92 Å². The maximum absolute atomic E-state index is 13.0. The summed E-state index contributed by atoms with van der Waals surface area (Å²) in [6.45, 7) is 6.75. The average molecular weight is 386 g/mol. The number of ether oxygens (including phenoxy) is 1. The zero-order chi connectivity index (χ0) is 18.9. The molecule has 0 aromatic carbocycles. The van der Waals surface area contributed by atoms with Gasteiger partial charge < -0.3 is 19.4 Å². The molecule has 3 aliphatic heterocycles. The van der Waals surface area contributed by atoms with Crippen molar-refractivity contribution < 1.29 is 9.53 Å². The van der Waals surface area contributed by atoms with Crippen molar-refractivity contribution in [2.24, 2.45) is 5.92 Å². The van der Waals surface area contributed by atoms with Gasteiger partial charge >= 0.3 is 0 Å². The van der Waals surface area contributed by atoms with Crippen molar-refractivity contribution in [1.29, 1.82) is 0 Å². The van der Waals surface area contributed by atoms with Crippen LogP contribution in [-0.4, -0.2) is 66.7 Å². The quantitative estimate of drug-likeness (QED) is 0.793. The number of anilines is 2. The molecule has 1 aromatic rings. The summed E-state index contributed by atoms with van der Waals surface area (Å²) < 4.78 is 5.56. The first kappa shape index (κ1) is 18.2. The van der Waals surface area contributed by atoms with Gasteiger partial charge in [0, 0.05) is 50.6 Å². The van der Waals surface area contributed by atoms with E-state index >= 15 is 0 Å². The first-order chi connectivity index (χ1) is 13.8.